The molecule has 1 rings (SSSR count). The van der Waals surface area contributed by atoms with E-state index in [0.29, 0.717) is 30.4 Å². The van der Waals surface area contributed by atoms with Crippen LogP contribution in [0.2, 0.25) is 0 Å². The SMILES string of the molecule is CCCOc1ccc(NC(=O)C(CN)OC)cc1OCCC.Cl. The topological polar surface area (TPSA) is 82.8 Å². The average molecular weight is 347 g/mol. The van der Waals surface area contributed by atoms with Crippen LogP contribution in [0.1, 0.15) is 26.7 Å². The van der Waals surface area contributed by atoms with Crippen molar-refractivity contribution in [3.63, 3.8) is 0 Å². The fourth-order valence-corrected chi connectivity index (χ4v) is 1.77. The first-order valence-electron chi connectivity index (χ1n) is 7.59. The van der Waals surface area contributed by atoms with Gasteiger partial charge in [-0.3, -0.25) is 4.79 Å². The van der Waals surface area contributed by atoms with E-state index in [1.807, 2.05) is 13.8 Å². The lowest BCUT2D eigenvalue weighted by Crippen LogP contribution is -2.35. The summed E-state index contributed by atoms with van der Waals surface area (Å²) in [6.07, 6.45) is 1.14. The third-order valence-electron chi connectivity index (χ3n) is 2.93. The van der Waals surface area contributed by atoms with Gasteiger partial charge in [-0.1, -0.05) is 13.8 Å². The molecule has 6 nitrogen and oxygen atoms in total. The number of benzene rings is 1. The second kappa shape index (κ2) is 12.0. The predicted molar refractivity (Wildman–Crippen MR) is 93.7 cm³/mol. The molecule has 0 aliphatic heterocycles. The van der Waals surface area contributed by atoms with Gasteiger partial charge in [-0.15, -0.1) is 12.4 Å². The summed E-state index contributed by atoms with van der Waals surface area (Å²) >= 11 is 0. The highest BCUT2D eigenvalue weighted by molar-refractivity contribution is 5.94. The summed E-state index contributed by atoms with van der Waals surface area (Å²) in [4.78, 5) is 12.0. The molecule has 1 unspecified atom stereocenters. The summed E-state index contributed by atoms with van der Waals surface area (Å²) in [7, 11) is 1.45. The Morgan fingerprint density at radius 3 is 2.30 bits per heavy atom. The highest BCUT2D eigenvalue weighted by Crippen LogP contribution is 2.31. The third kappa shape index (κ3) is 7.07. The number of rotatable bonds is 10. The number of amides is 1. The van der Waals surface area contributed by atoms with Crippen LogP contribution in [-0.4, -0.2) is 38.9 Å². The van der Waals surface area contributed by atoms with E-state index in [0.717, 1.165) is 12.8 Å². The monoisotopic (exact) mass is 346 g/mol. The van der Waals surface area contributed by atoms with Crippen molar-refractivity contribution in [1.82, 2.24) is 0 Å². The Kier molecular flexibility index (Phi) is 11.2. The lowest BCUT2D eigenvalue weighted by molar-refractivity contribution is -0.125. The number of anilines is 1. The van der Waals surface area contributed by atoms with Crippen LogP contribution in [0.15, 0.2) is 18.2 Å². The molecule has 7 heteroatoms. The van der Waals surface area contributed by atoms with E-state index < -0.39 is 6.10 Å². The van der Waals surface area contributed by atoms with Crippen molar-refractivity contribution in [2.45, 2.75) is 32.8 Å². The predicted octanol–water partition coefficient (Wildman–Crippen LogP) is 2.60. The van der Waals surface area contributed by atoms with Crippen molar-refractivity contribution in [2.24, 2.45) is 5.73 Å². The minimum absolute atomic E-state index is 0. The molecular formula is C16H27ClN2O4. The van der Waals surface area contributed by atoms with Crippen molar-refractivity contribution in [3.8, 4) is 11.5 Å². The highest BCUT2D eigenvalue weighted by atomic mass is 35.5. The summed E-state index contributed by atoms with van der Waals surface area (Å²) in [5.41, 5.74) is 6.10. The summed E-state index contributed by atoms with van der Waals surface area (Å²) in [6.45, 7) is 5.40. The van der Waals surface area contributed by atoms with Gasteiger partial charge in [0, 0.05) is 25.4 Å². The molecule has 0 bridgehead atoms. The van der Waals surface area contributed by atoms with Gasteiger partial charge in [-0.05, 0) is 25.0 Å². The van der Waals surface area contributed by atoms with E-state index in [4.69, 9.17) is 19.9 Å². The largest absolute Gasteiger partial charge is 0.490 e. The van der Waals surface area contributed by atoms with Gasteiger partial charge in [0.25, 0.3) is 5.91 Å². The molecule has 0 aliphatic rings. The van der Waals surface area contributed by atoms with Gasteiger partial charge < -0.3 is 25.3 Å². The minimum atomic E-state index is -0.670. The molecule has 0 heterocycles. The maximum atomic E-state index is 12.0. The van der Waals surface area contributed by atoms with Crippen molar-refractivity contribution in [1.29, 1.82) is 0 Å². The molecule has 3 N–H and O–H groups in total. The fraction of sp³-hybridized carbons (Fsp3) is 0.562. The van der Waals surface area contributed by atoms with E-state index in [1.165, 1.54) is 7.11 Å². The smallest absolute Gasteiger partial charge is 0.254 e. The minimum Gasteiger partial charge on any atom is -0.490 e. The van der Waals surface area contributed by atoms with Crippen molar-refractivity contribution >= 4 is 24.0 Å². The lowest BCUT2D eigenvalue weighted by atomic mass is 10.2. The Morgan fingerprint density at radius 1 is 1.17 bits per heavy atom. The highest BCUT2D eigenvalue weighted by Gasteiger charge is 2.16. The lowest BCUT2D eigenvalue weighted by Gasteiger charge is -2.16. The van der Waals surface area contributed by atoms with E-state index >= 15 is 0 Å². The maximum Gasteiger partial charge on any atom is 0.254 e. The molecule has 0 saturated carbocycles. The molecule has 23 heavy (non-hydrogen) atoms. The number of carbonyl (C=O) groups is 1. The number of carbonyl (C=O) groups excluding carboxylic acids is 1. The number of nitrogens with one attached hydrogen (secondary N) is 1. The van der Waals surface area contributed by atoms with E-state index in [2.05, 4.69) is 5.32 Å². The van der Waals surface area contributed by atoms with Crippen molar-refractivity contribution < 1.29 is 19.0 Å². The van der Waals surface area contributed by atoms with E-state index in [9.17, 15) is 4.79 Å². The fourth-order valence-electron chi connectivity index (χ4n) is 1.77. The van der Waals surface area contributed by atoms with Crippen LogP contribution in [0.3, 0.4) is 0 Å². The van der Waals surface area contributed by atoms with Crippen molar-refractivity contribution in [3.05, 3.63) is 18.2 Å². The Labute approximate surface area is 144 Å². The summed E-state index contributed by atoms with van der Waals surface area (Å²) in [6, 6.07) is 5.31. The Hall–Kier alpha value is -1.50. The first-order valence-corrected chi connectivity index (χ1v) is 7.59. The van der Waals surface area contributed by atoms with Gasteiger partial charge in [0.2, 0.25) is 0 Å². The molecule has 0 aromatic heterocycles. The van der Waals surface area contributed by atoms with Crippen LogP contribution in [0.4, 0.5) is 5.69 Å². The quantitative estimate of drug-likeness (QED) is 0.680. The average Bonchev–Trinajstić information content (AvgIpc) is 2.53. The van der Waals surface area contributed by atoms with E-state index in [-0.39, 0.29) is 24.9 Å². The van der Waals surface area contributed by atoms with Crippen molar-refractivity contribution in [2.75, 3.05) is 32.2 Å². The molecular weight excluding hydrogens is 320 g/mol. The second-order valence-corrected chi connectivity index (χ2v) is 4.81. The summed E-state index contributed by atoms with van der Waals surface area (Å²) < 4.78 is 16.3. The van der Waals surface area contributed by atoms with Gasteiger partial charge in [0.05, 0.1) is 13.2 Å². The first-order chi connectivity index (χ1) is 10.7. The number of halogens is 1. The number of methoxy groups -OCH3 is 1. The van der Waals surface area contributed by atoms with Crippen LogP contribution < -0.4 is 20.5 Å². The third-order valence-corrected chi connectivity index (χ3v) is 2.93. The molecule has 1 amide bonds. The van der Waals surface area contributed by atoms with Crippen LogP contribution >= 0.6 is 12.4 Å². The first kappa shape index (κ1) is 21.5. The molecule has 1 aromatic carbocycles. The standard InChI is InChI=1S/C16H26N2O4.ClH/c1-4-8-21-13-7-6-12(10-14(13)22-9-5-2)18-16(19)15(11-17)20-3;/h6-7,10,15H,4-5,8-9,11,17H2,1-3H3,(H,18,19);1H. The zero-order valence-electron chi connectivity index (χ0n) is 14.0. The van der Waals surface area contributed by atoms with Crippen LogP contribution in [0.5, 0.6) is 11.5 Å². The van der Waals surface area contributed by atoms with Gasteiger partial charge >= 0.3 is 0 Å². The molecule has 0 spiro atoms. The molecule has 0 saturated heterocycles. The summed E-state index contributed by atoms with van der Waals surface area (Å²) in [5.74, 6) is 1.01. The van der Waals surface area contributed by atoms with Gasteiger partial charge in [-0.2, -0.15) is 0 Å². The Bertz CT molecular complexity index is 467. The normalized spacial score (nSPS) is 11.3. The van der Waals surface area contributed by atoms with Crippen LogP contribution in [-0.2, 0) is 9.53 Å². The Morgan fingerprint density at radius 2 is 1.78 bits per heavy atom. The van der Waals surface area contributed by atoms with Crippen LogP contribution in [0, 0.1) is 0 Å². The molecule has 1 aromatic rings. The molecule has 0 radical (unpaired) electrons. The number of hydrogen-bond donors (Lipinski definition) is 2. The van der Waals surface area contributed by atoms with Gasteiger partial charge in [0.1, 0.15) is 6.10 Å². The molecule has 1 atom stereocenters. The van der Waals surface area contributed by atoms with Gasteiger partial charge in [0.15, 0.2) is 11.5 Å². The molecule has 0 fully saturated rings. The number of hydrogen-bond acceptors (Lipinski definition) is 5. The Balaban J connectivity index is 0.00000484. The zero-order chi connectivity index (χ0) is 16.4. The van der Waals surface area contributed by atoms with Crippen LogP contribution in [0.25, 0.3) is 0 Å². The molecule has 0 aliphatic carbocycles. The van der Waals surface area contributed by atoms with E-state index in [1.54, 1.807) is 18.2 Å². The zero-order valence-corrected chi connectivity index (χ0v) is 14.8. The molecule has 132 valence electrons. The second-order valence-electron chi connectivity index (χ2n) is 4.81. The van der Waals surface area contributed by atoms with Gasteiger partial charge in [-0.25, -0.2) is 0 Å². The number of ether oxygens (including phenoxy) is 3. The summed E-state index contributed by atoms with van der Waals surface area (Å²) in [5, 5.41) is 2.76. The maximum absolute atomic E-state index is 12.0. The number of nitrogens with two attached hydrogens (primary N) is 1.